The summed E-state index contributed by atoms with van der Waals surface area (Å²) >= 11 is 1.56. The van der Waals surface area contributed by atoms with Crippen LogP contribution >= 0.6 is 11.3 Å². The predicted octanol–water partition coefficient (Wildman–Crippen LogP) is 3.84. The molecule has 3 aromatic heterocycles. The Bertz CT molecular complexity index is 1140. The minimum Gasteiger partial charge on any atom is -0.322 e. The number of fused-ring (bicyclic) bond motifs is 3. The summed E-state index contributed by atoms with van der Waals surface area (Å²) in [6, 6.07) is 4.28. The first kappa shape index (κ1) is 21.1. The number of carbonyl (C=O) groups is 1. The highest BCUT2D eigenvalue weighted by Gasteiger charge is 2.30. The normalized spacial score (nSPS) is 16.2. The number of hydrogen-bond donors (Lipinski definition) is 1. The second kappa shape index (κ2) is 8.29. The van der Waals surface area contributed by atoms with Gasteiger partial charge in [-0.05, 0) is 52.8 Å². The zero-order chi connectivity index (χ0) is 22.4. The van der Waals surface area contributed by atoms with E-state index in [9.17, 15) is 4.79 Å². The van der Waals surface area contributed by atoms with Crippen LogP contribution in [0.4, 0.5) is 9.93 Å². The fourth-order valence-electron chi connectivity index (χ4n) is 4.34. The van der Waals surface area contributed by atoms with Gasteiger partial charge in [-0.25, -0.2) is 9.78 Å². The van der Waals surface area contributed by atoms with Crippen LogP contribution in [-0.4, -0.2) is 68.8 Å². The van der Waals surface area contributed by atoms with Crippen LogP contribution in [0.15, 0.2) is 18.3 Å². The Kier molecular flexibility index (Phi) is 5.46. The van der Waals surface area contributed by atoms with Gasteiger partial charge in [0.05, 0.1) is 22.0 Å². The molecular formula is C23H29N7OS. The maximum absolute atomic E-state index is 12.8. The van der Waals surface area contributed by atoms with Gasteiger partial charge in [0.25, 0.3) is 0 Å². The number of hydrogen-bond acceptors (Lipinski definition) is 6. The highest BCUT2D eigenvalue weighted by molar-refractivity contribution is 7.19. The van der Waals surface area contributed by atoms with Crippen LogP contribution in [0.1, 0.15) is 36.8 Å². The molecule has 0 atom stereocenters. The van der Waals surface area contributed by atoms with Gasteiger partial charge < -0.3 is 9.80 Å². The molecule has 9 heteroatoms. The van der Waals surface area contributed by atoms with Crippen molar-refractivity contribution >= 4 is 22.5 Å². The second-order valence-corrected chi connectivity index (χ2v) is 9.92. The van der Waals surface area contributed by atoms with Gasteiger partial charge in [-0.1, -0.05) is 11.3 Å². The zero-order valence-corrected chi connectivity index (χ0v) is 19.9. The number of rotatable bonds is 3. The lowest BCUT2D eigenvalue weighted by Gasteiger charge is -2.32. The van der Waals surface area contributed by atoms with Crippen LogP contribution in [0.3, 0.4) is 0 Å². The van der Waals surface area contributed by atoms with Gasteiger partial charge in [-0.3, -0.25) is 15.0 Å². The topological polar surface area (TPSA) is 79.2 Å². The Morgan fingerprint density at radius 1 is 1.16 bits per heavy atom. The summed E-state index contributed by atoms with van der Waals surface area (Å²) in [5.41, 5.74) is 6.47. The summed E-state index contributed by atoms with van der Waals surface area (Å²) in [5.74, 6) is 0. The number of thiazole rings is 1. The van der Waals surface area contributed by atoms with Gasteiger partial charge in [-0.15, -0.1) is 0 Å². The summed E-state index contributed by atoms with van der Waals surface area (Å²) < 4.78 is 2.10. The van der Waals surface area contributed by atoms with Crippen molar-refractivity contribution in [3.05, 3.63) is 35.3 Å². The molecule has 5 rings (SSSR count). The summed E-state index contributed by atoms with van der Waals surface area (Å²) in [7, 11) is 2.08. The average molecular weight is 452 g/mol. The molecule has 32 heavy (non-hydrogen) atoms. The van der Waals surface area contributed by atoms with Crippen molar-refractivity contribution in [3.63, 3.8) is 0 Å². The summed E-state index contributed by atoms with van der Waals surface area (Å²) in [5, 5.41) is 8.71. The van der Waals surface area contributed by atoms with Gasteiger partial charge in [0.15, 0.2) is 5.13 Å². The minimum absolute atomic E-state index is 0.0618. The number of nitrogens with zero attached hydrogens (tertiary/aromatic N) is 6. The van der Waals surface area contributed by atoms with Crippen LogP contribution < -0.4 is 5.32 Å². The number of anilines is 1. The van der Waals surface area contributed by atoms with E-state index < -0.39 is 0 Å². The van der Waals surface area contributed by atoms with E-state index >= 15 is 0 Å². The maximum atomic E-state index is 12.8. The standard InChI is InChI=1S/C23H29N7OS/c1-14(2)30-20-17(19(27-30)16-6-5-15(3)24-13-16)7-8-18-21(20)32-22(25-18)26-23(31)29-11-9-28(4)10-12-29/h5-6,13-14H,7-12H2,1-4H3,(H,25,26,31). The van der Waals surface area contributed by atoms with Crippen molar-refractivity contribution < 1.29 is 4.79 Å². The molecule has 1 N–H and O–H groups in total. The number of nitrogens with one attached hydrogen (secondary N) is 1. The molecule has 8 nitrogen and oxygen atoms in total. The van der Waals surface area contributed by atoms with E-state index in [1.165, 1.54) is 5.56 Å². The Morgan fingerprint density at radius 3 is 2.62 bits per heavy atom. The minimum atomic E-state index is -0.0618. The van der Waals surface area contributed by atoms with Crippen LogP contribution in [0.2, 0.25) is 0 Å². The lowest BCUT2D eigenvalue weighted by molar-refractivity contribution is 0.164. The van der Waals surface area contributed by atoms with Gasteiger partial charge in [0.1, 0.15) is 0 Å². The molecule has 4 heterocycles. The first-order chi connectivity index (χ1) is 15.4. The molecule has 1 saturated heterocycles. The molecular weight excluding hydrogens is 422 g/mol. The Hall–Kier alpha value is -2.78. The third kappa shape index (κ3) is 3.80. The molecule has 0 radical (unpaired) electrons. The Morgan fingerprint density at radius 2 is 1.94 bits per heavy atom. The highest BCUT2D eigenvalue weighted by Crippen LogP contribution is 2.44. The third-order valence-corrected chi connectivity index (χ3v) is 7.23. The molecule has 0 bridgehead atoms. The van der Waals surface area contributed by atoms with E-state index in [1.807, 2.05) is 24.1 Å². The number of likely N-dealkylation sites (N-methyl/N-ethyl adjacent to an activating group) is 1. The molecule has 2 amide bonds. The van der Waals surface area contributed by atoms with Crippen molar-refractivity contribution in [2.24, 2.45) is 0 Å². The van der Waals surface area contributed by atoms with E-state index in [0.717, 1.165) is 72.2 Å². The molecule has 1 fully saturated rings. The summed E-state index contributed by atoms with van der Waals surface area (Å²) in [6.45, 7) is 9.57. The van der Waals surface area contributed by atoms with E-state index in [0.29, 0.717) is 5.13 Å². The van der Waals surface area contributed by atoms with E-state index in [2.05, 4.69) is 46.8 Å². The number of carbonyl (C=O) groups excluding carboxylic acids is 1. The van der Waals surface area contributed by atoms with E-state index in [4.69, 9.17) is 10.1 Å². The number of amides is 2. The van der Waals surface area contributed by atoms with E-state index in [1.54, 1.807) is 11.3 Å². The second-order valence-electron chi connectivity index (χ2n) is 8.92. The molecule has 0 unspecified atom stereocenters. The molecule has 1 aliphatic carbocycles. The van der Waals surface area contributed by atoms with Crippen molar-refractivity contribution in [3.8, 4) is 21.8 Å². The van der Waals surface area contributed by atoms with Crippen molar-refractivity contribution in [2.75, 3.05) is 38.5 Å². The number of aryl methyl sites for hydroxylation is 2. The molecule has 2 aliphatic rings. The first-order valence-corrected chi connectivity index (χ1v) is 12.0. The summed E-state index contributed by atoms with van der Waals surface area (Å²) in [6.07, 6.45) is 3.64. The number of urea groups is 1. The molecule has 1 aliphatic heterocycles. The monoisotopic (exact) mass is 451 g/mol. The van der Waals surface area contributed by atoms with Crippen LogP contribution in [0, 0.1) is 6.92 Å². The van der Waals surface area contributed by atoms with E-state index in [-0.39, 0.29) is 12.1 Å². The third-order valence-electron chi connectivity index (χ3n) is 6.21. The smallest absolute Gasteiger partial charge is 0.322 e. The zero-order valence-electron chi connectivity index (χ0n) is 19.1. The lowest BCUT2D eigenvalue weighted by atomic mass is 9.95. The van der Waals surface area contributed by atoms with Crippen molar-refractivity contribution in [1.82, 2.24) is 29.5 Å². The highest BCUT2D eigenvalue weighted by atomic mass is 32.1. The van der Waals surface area contributed by atoms with Crippen LogP contribution in [-0.2, 0) is 12.8 Å². The molecule has 0 spiro atoms. The van der Waals surface area contributed by atoms with Gasteiger partial charge in [0, 0.05) is 55.2 Å². The van der Waals surface area contributed by atoms with Gasteiger partial charge in [0.2, 0.25) is 0 Å². The fourth-order valence-corrected chi connectivity index (χ4v) is 5.41. The molecule has 168 valence electrons. The lowest BCUT2D eigenvalue weighted by Crippen LogP contribution is -2.48. The quantitative estimate of drug-likeness (QED) is 0.655. The number of pyridine rings is 1. The average Bonchev–Trinajstić information content (AvgIpc) is 3.35. The Balaban J connectivity index is 1.47. The molecule has 0 saturated carbocycles. The predicted molar refractivity (Wildman–Crippen MR) is 127 cm³/mol. The van der Waals surface area contributed by atoms with Crippen LogP contribution in [0.5, 0.6) is 0 Å². The van der Waals surface area contributed by atoms with Crippen molar-refractivity contribution in [1.29, 1.82) is 0 Å². The summed E-state index contributed by atoms with van der Waals surface area (Å²) in [4.78, 5) is 27.3. The molecule has 0 aromatic carbocycles. The largest absolute Gasteiger partial charge is 0.323 e. The fraction of sp³-hybridized carbons (Fsp3) is 0.478. The maximum Gasteiger partial charge on any atom is 0.323 e. The SMILES string of the molecule is Cc1ccc(-c2nn(C(C)C)c3c2CCc2nc(NC(=O)N4CCN(C)CC4)sc2-3)cn1. The van der Waals surface area contributed by atoms with Gasteiger partial charge >= 0.3 is 6.03 Å². The first-order valence-electron chi connectivity index (χ1n) is 11.2. The molecule has 3 aromatic rings. The van der Waals surface area contributed by atoms with Gasteiger partial charge in [-0.2, -0.15) is 5.10 Å². The number of aromatic nitrogens is 4. The Labute approximate surface area is 192 Å². The van der Waals surface area contributed by atoms with Crippen LogP contribution in [0.25, 0.3) is 21.8 Å². The number of piperazine rings is 1. The van der Waals surface area contributed by atoms with Crippen molar-refractivity contribution in [2.45, 2.75) is 39.7 Å².